The minimum Gasteiger partial charge on any atom is -0.287 e. The van der Waals surface area contributed by atoms with Crippen molar-refractivity contribution in [3.63, 3.8) is 0 Å². The Morgan fingerprint density at radius 3 is 2.10 bits per heavy atom. The highest BCUT2D eigenvalue weighted by molar-refractivity contribution is 5.58. The molecule has 4 aliphatic heterocycles. The monoisotopic (exact) mass is 130 g/mol. The van der Waals surface area contributed by atoms with Gasteiger partial charge in [0, 0.05) is 30.0 Å². The van der Waals surface area contributed by atoms with Crippen molar-refractivity contribution in [2.45, 2.75) is 18.1 Å². The molecule has 10 heavy (non-hydrogen) atoms. The van der Waals surface area contributed by atoms with Crippen LogP contribution in [0, 0.1) is 34.5 Å². The zero-order chi connectivity index (χ0) is 6.25. The van der Waals surface area contributed by atoms with Crippen molar-refractivity contribution < 1.29 is 0 Å². The van der Waals surface area contributed by atoms with Crippen LogP contribution in [0.15, 0.2) is 0 Å². The molecule has 0 spiro atoms. The van der Waals surface area contributed by atoms with E-state index >= 15 is 0 Å². The Labute approximate surface area is 58.4 Å². The Kier molecular flexibility index (Phi) is 0.232. The maximum absolute atomic E-state index is 8.89. The van der Waals surface area contributed by atoms with Crippen molar-refractivity contribution in [1.29, 1.82) is 5.26 Å². The van der Waals surface area contributed by atoms with Crippen LogP contribution in [0.4, 0.5) is 0 Å². The zero-order valence-electron chi connectivity index (χ0n) is 5.36. The summed E-state index contributed by atoms with van der Waals surface area (Å²) in [6.07, 6.45) is 0. The van der Waals surface area contributed by atoms with Gasteiger partial charge in [-0.25, -0.2) is 0 Å². The SMILES string of the molecule is N#CC12C3[C@@H]1[C@@H]1C4[C@H]([C@H]32)N41. The summed E-state index contributed by atoms with van der Waals surface area (Å²) in [6.45, 7) is 0. The average molecular weight is 130 g/mol. The van der Waals surface area contributed by atoms with Gasteiger partial charge in [0.05, 0.1) is 11.5 Å². The molecular weight excluding hydrogens is 124 g/mol. The number of hydrogen-bond donors (Lipinski definition) is 0. The van der Waals surface area contributed by atoms with Gasteiger partial charge in [-0.05, 0) is 5.92 Å². The van der Waals surface area contributed by atoms with Gasteiger partial charge in [0.1, 0.15) is 0 Å². The Morgan fingerprint density at radius 2 is 1.70 bits per heavy atom. The second-order valence-corrected chi connectivity index (χ2v) is 4.54. The lowest BCUT2D eigenvalue weighted by atomic mass is 9.79. The third-order valence-corrected chi connectivity index (χ3v) is 4.69. The highest BCUT2D eigenvalue weighted by Crippen LogP contribution is 2.97. The van der Waals surface area contributed by atoms with Gasteiger partial charge in [-0.2, -0.15) is 5.26 Å². The van der Waals surface area contributed by atoms with Crippen molar-refractivity contribution in [2.24, 2.45) is 23.2 Å². The van der Waals surface area contributed by atoms with E-state index in [1.165, 1.54) is 0 Å². The average Bonchev–Trinajstić information content (AvgIpc) is 2.78. The summed E-state index contributed by atoms with van der Waals surface area (Å²) < 4.78 is 0. The molecular formula is C8H6N2. The largest absolute Gasteiger partial charge is 0.287 e. The first-order valence-corrected chi connectivity index (χ1v) is 4.11. The fraction of sp³-hybridized carbons (Fsp3) is 0.875. The first-order chi connectivity index (χ1) is 4.93. The van der Waals surface area contributed by atoms with Crippen molar-refractivity contribution in [1.82, 2.24) is 4.90 Å². The first-order valence-electron chi connectivity index (χ1n) is 4.11. The third-order valence-electron chi connectivity index (χ3n) is 4.69. The third kappa shape index (κ3) is 0.132. The summed E-state index contributed by atoms with van der Waals surface area (Å²) in [5.74, 6) is 2.61. The topological polar surface area (TPSA) is 26.8 Å². The fourth-order valence-corrected chi connectivity index (χ4v) is 4.14. The zero-order valence-corrected chi connectivity index (χ0v) is 5.36. The molecule has 2 nitrogen and oxygen atoms in total. The van der Waals surface area contributed by atoms with Gasteiger partial charge in [-0.3, -0.25) is 4.90 Å². The maximum Gasteiger partial charge on any atom is 0.0703 e. The standard InChI is InChI=1S/C8H6N2/c9-1-8-2-3(8)5-7-6(4(2)8)10(5)7/h2-7H/t2?,3-,4+,5-,6+,7?,8?,10?. The highest BCUT2D eigenvalue weighted by atomic mass is 15.6. The minimum atomic E-state index is 0.277. The van der Waals surface area contributed by atoms with Crippen LogP contribution in [0.2, 0.25) is 0 Å². The van der Waals surface area contributed by atoms with Crippen LogP contribution in [0.5, 0.6) is 0 Å². The van der Waals surface area contributed by atoms with Gasteiger partial charge < -0.3 is 0 Å². The normalized spacial score (nSPS) is 95.3. The lowest BCUT2D eigenvalue weighted by Gasteiger charge is -2.28. The fourth-order valence-electron chi connectivity index (χ4n) is 4.14. The second-order valence-electron chi connectivity index (χ2n) is 4.54. The van der Waals surface area contributed by atoms with Gasteiger partial charge in [0.25, 0.3) is 0 Å². The molecule has 0 aromatic rings. The van der Waals surface area contributed by atoms with Gasteiger partial charge in [0.15, 0.2) is 0 Å². The van der Waals surface area contributed by atoms with E-state index in [0.717, 1.165) is 35.9 Å². The Hall–Kier alpha value is -0.550. The first kappa shape index (κ1) is 3.73. The highest BCUT2D eigenvalue weighted by Gasteiger charge is 3.05. The van der Waals surface area contributed by atoms with E-state index in [1.54, 1.807) is 0 Å². The summed E-state index contributed by atoms with van der Waals surface area (Å²) in [5.41, 5.74) is 0.277. The number of rotatable bonds is 0. The predicted octanol–water partition coefficient (Wildman–Crippen LogP) is -0.179. The smallest absolute Gasteiger partial charge is 0.0703 e. The Bertz CT molecular complexity index is 299. The second kappa shape index (κ2) is 0.622. The van der Waals surface area contributed by atoms with Crippen molar-refractivity contribution in [3.05, 3.63) is 0 Å². The van der Waals surface area contributed by atoms with E-state index in [9.17, 15) is 0 Å². The Morgan fingerprint density at radius 1 is 1.10 bits per heavy atom. The molecule has 0 aromatic carbocycles. The predicted molar refractivity (Wildman–Crippen MR) is 31.7 cm³/mol. The molecule has 8 fully saturated rings. The number of piperidine rings is 2. The molecule has 4 aliphatic carbocycles. The van der Waals surface area contributed by atoms with Crippen LogP contribution >= 0.6 is 0 Å². The van der Waals surface area contributed by atoms with Gasteiger partial charge in [-0.15, -0.1) is 0 Å². The summed E-state index contributed by atoms with van der Waals surface area (Å²) in [6, 6.07) is 5.37. The van der Waals surface area contributed by atoms with Gasteiger partial charge >= 0.3 is 0 Å². The van der Waals surface area contributed by atoms with Crippen LogP contribution < -0.4 is 0 Å². The van der Waals surface area contributed by atoms with E-state index in [1.807, 2.05) is 0 Å². The van der Waals surface area contributed by atoms with E-state index in [4.69, 9.17) is 5.26 Å². The summed E-state index contributed by atoms with van der Waals surface area (Å²) in [7, 11) is 0. The van der Waals surface area contributed by atoms with E-state index < -0.39 is 0 Å². The Balaban J connectivity index is 1.80. The van der Waals surface area contributed by atoms with Crippen molar-refractivity contribution in [3.8, 4) is 6.07 Å². The van der Waals surface area contributed by atoms with Crippen LogP contribution in [-0.4, -0.2) is 23.0 Å². The van der Waals surface area contributed by atoms with Crippen LogP contribution in [0.3, 0.4) is 0 Å². The number of nitriles is 1. The molecule has 4 saturated heterocycles. The maximum atomic E-state index is 8.89. The van der Waals surface area contributed by atoms with Crippen molar-refractivity contribution in [2.75, 3.05) is 0 Å². The molecule has 8 rings (SSSR count). The lowest BCUT2D eigenvalue weighted by Crippen LogP contribution is -2.39. The molecule has 0 N–H and O–H groups in total. The van der Waals surface area contributed by atoms with E-state index in [2.05, 4.69) is 11.0 Å². The molecule has 0 aromatic heterocycles. The lowest BCUT2D eigenvalue weighted by molar-refractivity contribution is 0.225. The van der Waals surface area contributed by atoms with Gasteiger partial charge in [0.2, 0.25) is 0 Å². The molecule has 4 heterocycles. The van der Waals surface area contributed by atoms with E-state index in [0.29, 0.717) is 0 Å². The molecule has 2 heteroatoms. The molecule has 8 aliphatic rings. The van der Waals surface area contributed by atoms with Crippen LogP contribution in [0.25, 0.3) is 0 Å². The molecule has 8 atom stereocenters. The minimum absolute atomic E-state index is 0.277. The summed E-state index contributed by atoms with van der Waals surface area (Å²) in [5, 5.41) is 8.89. The molecule has 48 valence electrons. The molecule has 4 saturated carbocycles. The molecule has 0 amide bonds. The molecule has 4 unspecified atom stereocenters. The summed E-state index contributed by atoms with van der Waals surface area (Å²) in [4.78, 5) is 2.61. The van der Waals surface area contributed by atoms with Crippen LogP contribution in [0.1, 0.15) is 0 Å². The summed E-state index contributed by atoms with van der Waals surface area (Å²) >= 11 is 0. The van der Waals surface area contributed by atoms with Crippen LogP contribution in [-0.2, 0) is 0 Å². The number of hydrogen-bond acceptors (Lipinski definition) is 2. The van der Waals surface area contributed by atoms with E-state index in [-0.39, 0.29) is 5.41 Å². The number of nitrogens with zero attached hydrogens (tertiary/aromatic N) is 2. The quantitative estimate of drug-likeness (QED) is 0.425. The van der Waals surface area contributed by atoms with Crippen molar-refractivity contribution >= 4 is 0 Å². The molecule has 4 bridgehead atoms. The van der Waals surface area contributed by atoms with Gasteiger partial charge in [-0.1, -0.05) is 0 Å². The molecule has 0 radical (unpaired) electrons.